The van der Waals surface area contributed by atoms with Crippen molar-refractivity contribution >= 4 is 5.82 Å². The Balaban J connectivity index is 1.99. The summed E-state index contributed by atoms with van der Waals surface area (Å²) < 4.78 is 5.45. The summed E-state index contributed by atoms with van der Waals surface area (Å²) in [6.07, 6.45) is 1.80. The first-order valence-corrected chi connectivity index (χ1v) is 4.96. The predicted octanol–water partition coefficient (Wildman–Crippen LogP) is 2.90. The molecule has 2 aromatic rings. The van der Waals surface area contributed by atoms with E-state index in [1.807, 2.05) is 38.1 Å². The molecule has 0 radical (unpaired) electrons. The number of furan rings is 1. The predicted molar refractivity (Wildman–Crippen MR) is 59.7 cm³/mol. The van der Waals surface area contributed by atoms with Crippen LogP contribution in [-0.2, 0) is 6.54 Å². The van der Waals surface area contributed by atoms with E-state index in [0.29, 0.717) is 6.54 Å². The van der Waals surface area contributed by atoms with Crippen molar-refractivity contribution in [3.63, 3.8) is 0 Å². The van der Waals surface area contributed by atoms with Gasteiger partial charge in [0.1, 0.15) is 17.3 Å². The summed E-state index contributed by atoms with van der Waals surface area (Å²) in [6.45, 7) is 4.66. The zero-order chi connectivity index (χ0) is 10.7. The molecular weight excluding hydrogens is 188 g/mol. The third kappa shape index (κ3) is 2.59. The molecule has 0 aromatic carbocycles. The zero-order valence-electron chi connectivity index (χ0n) is 8.95. The van der Waals surface area contributed by atoms with Gasteiger partial charge in [-0.15, -0.1) is 0 Å². The Bertz CT molecular complexity index is 448. The van der Waals surface area contributed by atoms with Gasteiger partial charge < -0.3 is 9.73 Å². The molecule has 0 aliphatic rings. The minimum Gasteiger partial charge on any atom is -0.465 e. The second-order valence-electron chi connectivity index (χ2n) is 3.58. The van der Waals surface area contributed by atoms with Gasteiger partial charge in [-0.1, -0.05) is 0 Å². The van der Waals surface area contributed by atoms with Crippen molar-refractivity contribution in [3.05, 3.63) is 47.5 Å². The van der Waals surface area contributed by atoms with Crippen molar-refractivity contribution in [1.29, 1.82) is 0 Å². The minimum absolute atomic E-state index is 0.671. The highest BCUT2D eigenvalue weighted by atomic mass is 16.3. The maximum absolute atomic E-state index is 5.45. The van der Waals surface area contributed by atoms with E-state index in [4.69, 9.17) is 4.42 Å². The highest BCUT2D eigenvalue weighted by Gasteiger charge is 1.98. The molecule has 3 nitrogen and oxygen atoms in total. The maximum Gasteiger partial charge on any atom is 0.126 e. The second kappa shape index (κ2) is 4.17. The summed E-state index contributed by atoms with van der Waals surface area (Å²) in [5.74, 6) is 2.74. The Morgan fingerprint density at radius 1 is 1.27 bits per heavy atom. The minimum atomic E-state index is 0.671. The van der Waals surface area contributed by atoms with Crippen molar-refractivity contribution in [2.75, 3.05) is 5.32 Å². The first kappa shape index (κ1) is 9.77. The molecule has 3 heteroatoms. The van der Waals surface area contributed by atoms with E-state index in [2.05, 4.69) is 10.3 Å². The van der Waals surface area contributed by atoms with E-state index >= 15 is 0 Å². The van der Waals surface area contributed by atoms with Crippen molar-refractivity contribution in [2.24, 2.45) is 0 Å². The Morgan fingerprint density at radius 3 is 2.80 bits per heavy atom. The lowest BCUT2D eigenvalue weighted by molar-refractivity contribution is 0.490. The van der Waals surface area contributed by atoms with E-state index in [-0.39, 0.29) is 0 Å². The molecule has 2 aromatic heterocycles. The van der Waals surface area contributed by atoms with Crippen molar-refractivity contribution < 1.29 is 4.42 Å². The molecule has 0 aliphatic heterocycles. The fourth-order valence-electron chi connectivity index (χ4n) is 1.39. The molecule has 0 spiro atoms. The van der Waals surface area contributed by atoms with Crippen molar-refractivity contribution in [1.82, 2.24) is 4.98 Å². The zero-order valence-corrected chi connectivity index (χ0v) is 8.95. The van der Waals surface area contributed by atoms with Gasteiger partial charge in [-0.3, -0.25) is 0 Å². The molecule has 0 unspecified atom stereocenters. The van der Waals surface area contributed by atoms with Crippen LogP contribution in [0.15, 0.2) is 34.9 Å². The molecule has 0 fully saturated rings. The Hall–Kier alpha value is -1.77. The molecule has 1 N–H and O–H groups in total. The number of nitrogens with one attached hydrogen (secondary N) is 1. The molecule has 2 rings (SSSR count). The van der Waals surface area contributed by atoms with E-state index in [1.165, 1.54) is 5.56 Å². The summed E-state index contributed by atoms with van der Waals surface area (Å²) in [6, 6.07) is 7.91. The maximum atomic E-state index is 5.45. The fraction of sp³-hybridized carbons (Fsp3) is 0.250. The van der Waals surface area contributed by atoms with Gasteiger partial charge >= 0.3 is 0 Å². The summed E-state index contributed by atoms with van der Waals surface area (Å²) in [7, 11) is 0. The van der Waals surface area contributed by atoms with Crippen LogP contribution in [0.4, 0.5) is 5.82 Å². The number of rotatable bonds is 3. The molecular formula is C12H14N2O. The van der Waals surface area contributed by atoms with E-state index in [0.717, 1.165) is 17.3 Å². The van der Waals surface area contributed by atoms with Crippen molar-refractivity contribution in [2.45, 2.75) is 20.4 Å². The number of nitrogens with zero attached hydrogens (tertiary/aromatic N) is 1. The van der Waals surface area contributed by atoms with Gasteiger partial charge in [0, 0.05) is 6.20 Å². The largest absolute Gasteiger partial charge is 0.465 e. The molecule has 0 amide bonds. The third-order valence-electron chi connectivity index (χ3n) is 2.16. The van der Waals surface area contributed by atoms with Gasteiger partial charge in [0.2, 0.25) is 0 Å². The van der Waals surface area contributed by atoms with Crippen LogP contribution < -0.4 is 5.32 Å². The number of hydrogen-bond acceptors (Lipinski definition) is 3. The fourth-order valence-corrected chi connectivity index (χ4v) is 1.39. The molecule has 0 bridgehead atoms. The highest BCUT2D eigenvalue weighted by Crippen LogP contribution is 2.10. The average Bonchev–Trinajstić information content (AvgIpc) is 2.62. The monoisotopic (exact) mass is 202 g/mol. The third-order valence-corrected chi connectivity index (χ3v) is 2.16. The summed E-state index contributed by atoms with van der Waals surface area (Å²) in [5.41, 5.74) is 1.20. The van der Waals surface area contributed by atoms with Gasteiger partial charge in [0.15, 0.2) is 0 Å². The first-order chi connectivity index (χ1) is 7.24. The SMILES string of the molecule is Cc1ccnc(NCc2ccc(C)o2)c1. The molecule has 2 heterocycles. The van der Waals surface area contributed by atoms with Crippen LogP contribution in [0.5, 0.6) is 0 Å². The molecule has 15 heavy (non-hydrogen) atoms. The number of pyridine rings is 1. The van der Waals surface area contributed by atoms with Crippen LogP contribution in [0, 0.1) is 13.8 Å². The Morgan fingerprint density at radius 2 is 2.13 bits per heavy atom. The first-order valence-electron chi connectivity index (χ1n) is 4.96. The molecule has 0 saturated carbocycles. The molecule has 0 aliphatic carbocycles. The Labute approximate surface area is 89.1 Å². The van der Waals surface area contributed by atoms with Gasteiger partial charge in [0.25, 0.3) is 0 Å². The normalized spacial score (nSPS) is 10.3. The quantitative estimate of drug-likeness (QED) is 0.831. The van der Waals surface area contributed by atoms with Crippen LogP contribution in [-0.4, -0.2) is 4.98 Å². The van der Waals surface area contributed by atoms with E-state index in [1.54, 1.807) is 6.20 Å². The summed E-state index contributed by atoms with van der Waals surface area (Å²) in [5, 5.41) is 3.21. The summed E-state index contributed by atoms with van der Waals surface area (Å²) in [4.78, 5) is 4.21. The van der Waals surface area contributed by atoms with Crippen LogP contribution in [0.1, 0.15) is 17.1 Å². The molecule has 0 atom stereocenters. The standard InChI is InChI=1S/C12H14N2O/c1-9-5-6-13-12(7-9)14-8-11-4-3-10(2)15-11/h3-7H,8H2,1-2H3,(H,13,14). The number of aromatic nitrogens is 1. The summed E-state index contributed by atoms with van der Waals surface area (Å²) >= 11 is 0. The molecule has 78 valence electrons. The van der Waals surface area contributed by atoms with E-state index < -0.39 is 0 Å². The lowest BCUT2D eigenvalue weighted by atomic mass is 10.3. The second-order valence-corrected chi connectivity index (χ2v) is 3.58. The lowest BCUT2D eigenvalue weighted by Crippen LogP contribution is -2.00. The smallest absolute Gasteiger partial charge is 0.126 e. The van der Waals surface area contributed by atoms with Gasteiger partial charge in [-0.05, 0) is 43.7 Å². The van der Waals surface area contributed by atoms with E-state index in [9.17, 15) is 0 Å². The lowest BCUT2D eigenvalue weighted by Gasteiger charge is -2.03. The van der Waals surface area contributed by atoms with Crippen LogP contribution in [0.25, 0.3) is 0 Å². The van der Waals surface area contributed by atoms with Crippen LogP contribution >= 0.6 is 0 Å². The van der Waals surface area contributed by atoms with Gasteiger partial charge in [0.05, 0.1) is 6.54 Å². The number of aryl methyl sites for hydroxylation is 2. The van der Waals surface area contributed by atoms with Gasteiger partial charge in [-0.25, -0.2) is 4.98 Å². The topological polar surface area (TPSA) is 38.1 Å². The number of anilines is 1. The average molecular weight is 202 g/mol. The van der Waals surface area contributed by atoms with Crippen LogP contribution in [0.2, 0.25) is 0 Å². The molecule has 0 saturated heterocycles. The highest BCUT2D eigenvalue weighted by molar-refractivity contribution is 5.37. The van der Waals surface area contributed by atoms with Crippen LogP contribution in [0.3, 0.4) is 0 Å². The Kier molecular flexibility index (Phi) is 2.72. The van der Waals surface area contributed by atoms with Gasteiger partial charge in [-0.2, -0.15) is 0 Å². The van der Waals surface area contributed by atoms with Crippen molar-refractivity contribution in [3.8, 4) is 0 Å². The number of hydrogen-bond donors (Lipinski definition) is 1.